The summed E-state index contributed by atoms with van der Waals surface area (Å²) in [6, 6.07) is 10.7. The van der Waals surface area contributed by atoms with Gasteiger partial charge >= 0.3 is 5.97 Å². The number of nitrogens with zero attached hydrogens (tertiary/aromatic N) is 1. The molecular weight excluding hydrogens is 282 g/mol. The van der Waals surface area contributed by atoms with Crippen LogP contribution in [-0.4, -0.2) is 22.8 Å². The lowest BCUT2D eigenvalue weighted by Gasteiger charge is -2.15. The molecule has 0 radical (unpaired) electrons. The van der Waals surface area contributed by atoms with E-state index in [0.29, 0.717) is 12.2 Å². The van der Waals surface area contributed by atoms with Crippen molar-refractivity contribution in [3.8, 4) is 17.0 Å². The highest BCUT2D eigenvalue weighted by atomic mass is 16.5. The van der Waals surface area contributed by atoms with Gasteiger partial charge in [-0.2, -0.15) is 0 Å². The lowest BCUT2D eigenvalue weighted by Crippen LogP contribution is -2.28. The quantitative estimate of drug-likeness (QED) is 0.862. The van der Waals surface area contributed by atoms with Crippen molar-refractivity contribution in [2.75, 3.05) is 7.11 Å². The van der Waals surface area contributed by atoms with Gasteiger partial charge in [0.2, 0.25) is 0 Å². The summed E-state index contributed by atoms with van der Waals surface area (Å²) in [6.07, 6.45) is 1.71. The number of hydrogen-bond donors (Lipinski definition) is 1. The van der Waals surface area contributed by atoms with Gasteiger partial charge in [0.15, 0.2) is 5.56 Å². The van der Waals surface area contributed by atoms with E-state index >= 15 is 0 Å². The maximum absolute atomic E-state index is 12.6. The number of aromatic nitrogens is 1. The van der Waals surface area contributed by atoms with E-state index in [-0.39, 0.29) is 11.3 Å². The number of aromatic hydroxyl groups is 1. The number of hydrogen-bond acceptors (Lipinski definition) is 4. The summed E-state index contributed by atoms with van der Waals surface area (Å²) in [4.78, 5) is 24.3. The Labute approximate surface area is 128 Å². The SMILES string of the molecule is CCCCn1c(-c2ccccc2)cc(O)c(C(=O)OC)c1=O. The monoisotopic (exact) mass is 301 g/mol. The molecule has 2 rings (SSSR count). The molecule has 0 saturated carbocycles. The van der Waals surface area contributed by atoms with Gasteiger partial charge < -0.3 is 14.4 Å². The number of benzene rings is 1. The molecule has 0 fully saturated rings. The van der Waals surface area contributed by atoms with Crippen molar-refractivity contribution in [2.45, 2.75) is 26.3 Å². The van der Waals surface area contributed by atoms with Crippen molar-refractivity contribution in [1.82, 2.24) is 4.57 Å². The van der Waals surface area contributed by atoms with E-state index in [2.05, 4.69) is 4.74 Å². The molecule has 0 bridgehead atoms. The predicted molar refractivity (Wildman–Crippen MR) is 84.1 cm³/mol. The molecule has 0 amide bonds. The Bertz CT molecular complexity index is 719. The first-order valence-electron chi connectivity index (χ1n) is 7.20. The van der Waals surface area contributed by atoms with Crippen molar-refractivity contribution in [3.63, 3.8) is 0 Å². The molecule has 5 nitrogen and oxygen atoms in total. The van der Waals surface area contributed by atoms with Crippen LogP contribution < -0.4 is 5.56 Å². The second kappa shape index (κ2) is 6.93. The van der Waals surface area contributed by atoms with Crippen LogP contribution in [-0.2, 0) is 11.3 Å². The highest BCUT2D eigenvalue weighted by Gasteiger charge is 2.21. The van der Waals surface area contributed by atoms with Crippen LogP contribution in [0.5, 0.6) is 5.75 Å². The fourth-order valence-corrected chi connectivity index (χ4v) is 2.31. The molecule has 1 aromatic heterocycles. The van der Waals surface area contributed by atoms with Gasteiger partial charge in [-0.15, -0.1) is 0 Å². The number of carbonyl (C=O) groups excluding carboxylic acids is 1. The number of unbranched alkanes of at least 4 members (excludes halogenated alkanes) is 1. The molecule has 2 aromatic rings. The highest BCUT2D eigenvalue weighted by Crippen LogP contribution is 2.25. The van der Waals surface area contributed by atoms with Crippen LogP contribution in [0, 0.1) is 0 Å². The van der Waals surface area contributed by atoms with Gasteiger partial charge in [-0.3, -0.25) is 4.79 Å². The molecule has 5 heteroatoms. The minimum Gasteiger partial charge on any atom is -0.507 e. The Kier molecular flexibility index (Phi) is 4.99. The third kappa shape index (κ3) is 3.03. The van der Waals surface area contributed by atoms with Crippen molar-refractivity contribution >= 4 is 5.97 Å². The fraction of sp³-hybridized carbons (Fsp3) is 0.294. The number of rotatable bonds is 5. The van der Waals surface area contributed by atoms with E-state index in [4.69, 9.17) is 0 Å². The number of carbonyl (C=O) groups is 1. The molecule has 1 N–H and O–H groups in total. The van der Waals surface area contributed by atoms with Crippen molar-refractivity contribution < 1.29 is 14.6 Å². The molecule has 0 atom stereocenters. The summed E-state index contributed by atoms with van der Waals surface area (Å²) in [5.74, 6) is -1.18. The zero-order valence-electron chi connectivity index (χ0n) is 12.7. The minimum absolute atomic E-state index is 0.321. The van der Waals surface area contributed by atoms with Gasteiger partial charge in [-0.05, 0) is 12.0 Å². The molecule has 0 aliphatic carbocycles. The highest BCUT2D eigenvalue weighted by molar-refractivity contribution is 5.92. The molecule has 22 heavy (non-hydrogen) atoms. The lowest BCUT2D eigenvalue weighted by molar-refractivity contribution is 0.0594. The Hall–Kier alpha value is -2.56. The van der Waals surface area contributed by atoms with Crippen molar-refractivity contribution in [3.05, 3.63) is 52.3 Å². The summed E-state index contributed by atoms with van der Waals surface area (Å²) in [5, 5.41) is 10.1. The van der Waals surface area contributed by atoms with Gasteiger partial charge in [0, 0.05) is 12.6 Å². The lowest BCUT2D eigenvalue weighted by atomic mass is 10.1. The normalized spacial score (nSPS) is 10.5. The molecule has 1 heterocycles. The maximum Gasteiger partial charge on any atom is 0.347 e. The summed E-state index contributed by atoms with van der Waals surface area (Å²) in [5.41, 5.74) is 0.545. The topological polar surface area (TPSA) is 68.5 Å². The van der Waals surface area contributed by atoms with Gasteiger partial charge in [0.25, 0.3) is 5.56 Å². The first-order valence-corrected chi connectivity index (χ1v) is 7.20. The second-order valence-corrected chi connectivity index (χ2v) is 4.96. The van der Waals surface area contributed by atoms with Crippen molar-refractivity contribution in [1.29, 1.82) is 0 Å². The first kappa shape index (κ1) is 15.8. The summed E-state index contributed by atoms with van der Waals surface area (Å²) in [7, 11) is 1.18. The summed E-state index contributed by atoms with van der Waals surface area (Å²) in [6.45, 7) is 2.50. The first-order chi connectivity index (χ1) is 10.6. The van der Waals surface area contributed by atoms with Crippen LogP contribution in [0.3, 0.4) is 0 Å². The molecular formula is C17H19NO4. The standard InChI is InChI=1S/C17H19NO4/c1-3-4-10-18-13(12-8-6-5-7-9-12)11-14(19)15(16(18)20)17(21)22-2/h5-9,11,19H,3-4,10H2,1-2H3. The average molecular weight is 301 g/mol. The fourth-order valence-electron chi connectivity index (χ4n) is 2.31. The predicted octanol–water partition coefficient (Wildman–Crippen LogP) is 2.81. The third-order valence-corrected chi connectivity index (χ3v) is 3.47. The van der Waals surface area contributed by atoms with Crippen LogP contribution in [0.25, 0.3) is 11.3 Å². The van der Waals surface area contributed by atoms with Gasteiger partial charge in [-0.1, -0.05) is 43.7 Å². The van der Waals surface area contributed by atoms with Crippen LogP contribution in [0.15, 0.2) is 41.2 Å². The Balaban J connectivity index is 2.68. The smallest absolute Gasteiger partial charge is 0.347 e. The number of pyridine rings is 1. The van der Waals surface area contributed by atoms with Crippen LogP contribution in [0.2, 0.25) is 0 Å². The van der Waals surface area contributed by atoms with Crippen LogP contribution in [0.4, 0.5) is 0 Å². The molecule has 0 spiro atoms. The largest absolute Gasteiger partial charge is 0.507 e. The minimum atomic E-state index is -0.827. The number of esters is 1. The zero-order chi connectivity index (χ0) is 16.1. The van der Waals surface area contributed by atoms with E-state index in [1.807, 2.05) is 37.3 Å². The van der Waals surface area contributed by atoms with Crippen LogP contribution >= 0.6 is 0 Å². The van der Waals surface area contributed by atoms with Gasteiger partial charge in [-0.25, -0.2) is 4.79 Å². The van der Waals surface area contributed by atoms with E-state index < -0.39 is 11.5 Å². The molecule has 0 aliphatic rings. The zero-order valence-corrected chi connectivity index (χ0v) is 12.7. The van der Waals surface area contributed by atoms with E-state index in [1.165, 1.54) is 17.7 Å². The molecule has 0 aliphatic heterocycles. The summed E-state index contributed by atoms with van der Waals surface area (Å²) >= 11 is 0. The molecule has 1 aromatic carbocycles. The Morgan fingerprint density at radius 1 is 1.27 bits per heavy atom. The van der Waals surface area contributed by atoms with E-state index in [1.54, 1.807) is 0 Å². The number of ether oxygens (including phenoxy) is 1. The van der Waals surface area contributed by atoms with E-state index in [0.717, 1.165) is 18.4 Å². The molecule has 116 valence electrons. The van der Waals surface area contributed by atoms with Crippen molar-refractivity contribution in [2.24, 2.45) is 0 Å². The third-order valence-electron chi connectivity index (χ3n) is 3.47. The van der Waals surface area contributed by atoms with Gasteiger partial charge in [0.05, 0.1) is 12.8 Å². The maximum atomic E-state index is 12.6. The van der Waals surface area contributed by atoms with Crippen LogP contribution in [0.1, 0.15) is 30.1 Å². The molecule has 0 saturated heterocycles. The van der Waals surface area contributed by atoms with Gasteiger partial charge in [0.1, 0.15) is 5.75 Å². The molecule has 0 unspecified atom stereocenters. The Morgan fingerprint density at radius 2 is 1.95 bits per heavy atom. The number of methoxy groups -OCH3 is 1. The second-order valence-electron chi connectivity index (χ2n) is 4.96. The van der Waals surface area contributed by atoms with E-state index in [9.17, 15) is 14.7 Å². The Morgan fingerprint density at radius 3 is 2.55 bits per heavy atom. The average Bonchev–Trinajstić information content (AvgIpc) is 2.54. The summed E-state index contributed by atoms with van der Waals surface area (Å²) < 4.78 is 6.11.